The van der Waals surface area contributed by atoms with E-state index >= 15 is 0 Å². The molecule has 0 aliphatic heterocycles. The van der Waals surface area contributed by atoms with E-state index in [1.165, 1.54) is 0 Å². The third-order valence-corrected chi connectivity index (χ3v) is 3.18. The van der Waals surface area contributed by atoms with E-state index in [0.717, 1.165) is 18.7 Å². The molecule has 0 heterocycles. The van der Waals surface area contributed by atoms with Crippen LogP contribution in [-0.4, -0.2) is 19.8 Å². The molecule has 0 radical (unpaired) electrons. The lowest BCUT2D eigenvalue weighted by molar-refractivity contribution is 0.147. The topological polar surface area (TPSA) is 21.3 Å². The van der Waals surface area contributed by atoms with Crippen LogP contribution in [0.2, 0.25) is 10.0 Å². The average molecular weight is 262 g/mol. The standard InChI is InChI=1S/C12H17Cl2NO/c1-3-16-8-7-15-9(2)10-5-4-6-11(13)12(10)14/h4-6,9,15H,3,7-8H2,1-2H3. The minimum Gasteiger partial charge on any atom is -0.380 e. The minimum absolute atomic E-state index is 0.173. The maximum absolute atomic E-state index is 6.12. The Balaban J connectivity index is 2.52. The first kappa shape index (κ1) is 13.8. The number of ether oxygens (including phenoxy) is 1. The third-order valence-electron chi connectivity index (χ3n) is 2.35. The molecule has 1 rings (SSSR count). The van der Waals surface area contributed by atoms with Crippen LogP contribution in [0.4, 0.5) is 0 Å². The van der Waals surface area contributed by atoms with Gasteiger partial charge in [0.15, 0.2) is 0 Å². The SMILES string of the molecule is CCOCCNC(C)c1cccc(Cl)c1Cl. The number of nitrogens with one attached hydrogen (secondary N) is 1. The molecule has 16 heavy (non-hydrogen) atoms. The van der Waals surface area contributed by atoms with Gasteiger partial charge in [-0.2, -0.15) is 0 Å². The van der Waals surface area contributed by atoms with Gasteiger partial charge < -0.3 is 10.1 Å². The number of benzene rings is 1. The number of rotatable bonds is 6. The van der Waals surface area contributed by atoms with Crippen LogP contribution < -0.4 is 5.32 Å². The number of hydrogen-bond acceptors (Lipinski definition) is 2. The van der Waals surface area contributed by atoms with E-state index in [4.69, 9.17) is 27.9 Å². The zero-order chi connectivity index (χ0) is 12.0. The van der Waals surface area contributed by atoms with Crippen molar-refractivity contribution in [2.75, 3.05) is 19.8 Å². The fourth-order valence-corrected chi connectivity index (χ4v) is 1.93. The first-order valence-electron chi connectivity index (χ1n) is 5.41. The van der Waals surface area contributed by atoms with Crippen LogP contribution in [-0.2, 0) is 4.74 Å². The molecule has 0 amide bonds. The summed E-state index contributed by atoms with van der Waals surface area (Å²) in [6, 6.07) is 5.85. The van der Waals surface area contributed by atoms with Crippen LogP contribution in [0.5, 0.6) is 0 Å². The van der Waals surface area contributed by atoms with Crippen LogP contribution in [0.25, 0.3) is 0 Å². The second kappa shape index (κ2) is 7.13. The van der Waals surface area contributed by atoms with Crippen LogP contribution in [0.3, 0.4) is 0 Å². The predicted molar refractivity (Wildman–Crippen MR) is 69.4 cm³/mol. The van der Waals surface area contributed by atoms with E-state index in [-0.39, 0.29) is 6.04 Å². The van der Waals surface area contributed by atoms with Gasteiger partial charge in [-0.15, -0.1) is 0 Å². The molecule has 4 heteroatoms. The molecule has 1 unspecified atom stereocenters. The second-order valence-corrected chi connectivity index (χ2v) is 4.30. The van der Waals surface area contributed by atoms with Crippen molar-refractivity contribution in [1.29, 1.82) is 0 Å². The van der Waals surface area contributed by atoms with Crippen molar-refractivity contribution in [3.63, 3.8) is 0 Å². The van der Waals surface area contributed by atoms with E-state index in [9.17, 15) is 0 Å². The second-order valence-electron chi connectivity index (χ2n) is 3.52. The minimum atomic E-state index is 0.173. The first-order valence-corrected chi connectivity index (χ1v) is 6.17. The van der Waals surface area contributed by atoms with E-state index in [1.54, 1.807) is 6.07 Å². The largest absolute Gasteiger partial charge is 0.380 e. The van der Waals surface area contributed by atoms with Gasteiger partial charge in [-0.3, -0.25) is 0 Å². The Morgan fingerprint density at radius 3 is 2.81 bits per heavy atom. The molecule has 1 N–H and O–H groups in total. The summed E-state index contributed by atoms with van der Waals surface area (Å²) in [4.78, 5) is 0. The van der Waals surface area contributed by atoms with Crippen molar-refractivity contribution >= 4 is 23.2 Å². The first-order chi connectivity index (χ1) is 7.66. The van der Waals surface area contributed by atoms with Gasteiger partial charge in [0.25, 0.3) is 0 Å². The Hall–Kier alpha value is -0.280. The predicted octanol–water partition coefficient (Wildman–Crippen LogP) is 3.68. The third kappa shape index (κ3) is 3.95. The zero-order valence-corrected chi connectivity index (χ0v) is 11.1. The van der Waals surface area contributed by atoms with Crippen molar-refractivity contribution in [2.24, 2.45) is 0 Å². The summed E-state index contributed by atoms with van der Waals surface area (Å²) in [5.41, 5.74) is 1.02. The van der Waals surface area contributed by atoms with Crippen molar-refractivity contribution in [3.05, 3.63) is 33.8 Å². The Bertz CT molecular complexity index is 331. The van der Waals surface area contributed by atoms with E-state index in [0.29, 0.717) is 16.7 Å². The Morgan fingerprint density at radius 1 is 1.38 bits per heavy atom. The summed E-state index contributed by atoms with van der Waals surface area (Å²) in [6.07, 6.45) is 0. The summed E-state index contributed by atoms with van der Waals surface area (Å²) < 4.78 is 5.25. The molecule has 0 fully saturated rings. The summed E-state index contributed by atoms with van der Waals surface area (Å²) in [6.45, 7) is 6.30. The lowest BCUT2D eigenvalue weighted by Gasteiger charge is -2.16. The molecule has 0 spiro atoms. The lowest BCUT2D eigenvalue weighted by atomic mass is 10.1. The van der Waals surface area contributed by atoms with E-state index in [2.05, 4.69) is 12.2 Å². The van der Waals surface area contributed by atoms with Gasteiger partial charge in [0.1, 0.15) is 0 Å². The van der Waals surface area contributed by atoms with Gasteiger partial charge >= 0.3 is 0 Å². The molecule has 1 atom stereocenters. The molecule has 0 aromatic heterocycles. The average Bonchev–Trinajstić information content (AvgIpc) is 2.28. The Morgan fingerprint density at radius 2 is 2.12 bits per heavy atom. The lowest BCUT2D eigenvalue weighted by Crippen LogP contribution is -2.23. The fraction of sp³-hybridized carbons (Fsp3) is 0.500. The van der Waals surface area contributed by atoms with E-state index < -0.39 is 0 Å². The molecule has 90 valence electrons. The molecule has 0 saturated heterocycles. The highest BCUT2D eigenvalue weighted by molar-refractivity contribution is 6.42. The van der Waals surface area contributed by atoms with Crippen molar-refractivity contribution < 1.29 is 4.74 Å². The quantitative estimate of drug-likeness (QED) is 0.789. The normalized spacial score (nSPS) is 12.8. The van der Waals surface area contributed by atoms with Gasteiger partial charge in [-0.1, -0.05) is 35.3 Å². The maximum atomic E-state index is 6.12. The van der Waals surface area contributed by atoms with Crippen LogP contribution >= 0.6 is 23.2 Å². The number of hydrogen-bond donors (Lipinski definition) is 1. The molecule has 2 nitrogen and oxygen atoms in total. The van der Waals surface area contributed by atoms with Gasteiger partial charge in [0.2, 0.25) is 0 Å². The summed E-state index contributed by atoms with van der Waals surface area (Å²) >= 11 is 12.1. The summed E-state index contributed by atoms with van der Waals surface area (Å²) in [5.74, 6) is 0. The number of halogens is 2. The van der Waals surface area contributed by atoms with Gasteiger partial charge in [-0.05, 0) is 25.5 Å². The van der Waals surface area contributed by atoms with Gasteiger partial charge in [0, 0.05) is 19.2 Å². The van der Waals surface area contributed by atoms with E-state index in [1.807, 2.05) is 19.1 Å². The van der Waals surface area contributed by atoms with Crippen LogP contribution in [0, 0.1) is 0 Å². The van der Waals surface area contributed by atoms with Gasteiger partial charge in [0.05, 0.1) is 16.7 Å². The Kier molecular flexibility index (Phi) is 6.14. The molecule has 1 aromatic carbocycles. The maximum Gasteiger partial charge on any atom is 0.0639 e. The molecular weight excluding hydrogens is 245 g/mol. The van der Waals surface area contributed by atoms with Crippen LogP contribution in [0.15, 0.2) is 18.2 Å². The summed E-state index contributed by atoms with van der Waals surface area (Å²) in [5, 5.41) is 4.55. The zero-order valence-electron chi connectivity index (χ0n) is 9.59. The molecule has 0 aliphatic rings. The monoisotopic (exact) mass is 261 g/mol. The molecule has 0 aliphatic carbocycles. The Labute approximate surface area is 107 Å². The fourth-order valence-electron chi connectivity index (χ4n) is 1.46. The molecular formula is C12H17Cl2NO. The molecule has 0 saturated carbocycles. The van der Waals surface area contributed by atoms with Crippen LogP contribution in [0.1, 0.15) is 25.5 Å². The summed E-state index contributed by atoms with van der Waals surface area (Å²) in [7, 11) is 0. The van der Waals surface area contributed by atoms with Crippen molar-refractivity contribution in [1.82, 2.24) is 5.32 Å². The smallest absolute Gasteiger partial charge is 0.0639 e. The molecule has 0 bridgehead atoms. The van der Waals surface area contributed by atoms with Crippen molar-refractivity contribution in [3.8, 4) is 0 Å². The molecule has 1 aromatic rings. The van der Waals surface area contributed by atoms with Gasteiger partial charge in [-0.25, -0.2) is 0 Å². The highest BCUT2D eigenvalue weighted by Gasteiger charge is 2.10. The highest BCUT2D eigenvalue weighted by atomic mass is 35.5. The van der Waals surface area contributed by atoms with Crippen molar-refractivity contribution in [2.45, 2.75) is 19.9 Å². The highest BCUT2D eigenvalue weighted by Crippen LogP contribution is 2.29.